The molecule has 1 rings (SSSR count). The quantitative estimate of drug-likeness (QED) is 0.847. The van der Waals surface area contributed by atoms with E-state index in [-0.39, 0.29) is 18.4 Å². The number of aryl methyl sites for hydroxylation is 2. The van der Waals surface area contributed by atoms with Crippen molar-refractivity contribution >= 4 is 17.7 Å². The number of nitrogens with zero attached hydrogens (tertiary/aromatic N) is 1. The maximum atomic E-state index is 12.1. The summed E-state index contributed by atoms with van der Waals surface area (Å²) in [6.45, 7) is 6.39. The van der Waals surface area contributed by atoms with E-state index in [2.05, 4.69) is 5.32 Å². The molecule has 2 amide bonds. The number of rotatable bonds is 6. The highest BCUT2D eigenvalue weighted by Gasteiger charge is 2.14. The molecule has 0 aromatic heterocycles. The zero-order chi connectivity index (χ0) is 16.0. The van der Waals surface area contributed by atoms with Gasteiger partial charge in [0.2, 0.25) is 0 Å². The number of carboxylic acid groups (broad SMARTS) is 1. The van der Waals surface area contributed by atoms with E-state index in [1.165, 1.54) is 0 Å². The van der Waals surface area contributed by atoms with E-state index in [4.69, 9.17) is 5.11 Å². The van der Waals surface area contributed by atoms with Gasteiger partial charge < -0.3 is 10.4 Å². The summed E-state index contributed by atoms with van der Waals surface area (Å²) in [6, 6.07) is 5.76. The first-order chi connectivity index (χ1) is 9.81. The molecule has 1 aromatic rings. The minimum atomic E-state index is -0.805. The molecule has 0 fully saturated rings. The fourth-order valence-corrected chi connectivity index (χ4v) is 2.14. The molecule has 0 aliphatic rings. The molecule has 0 saturated heterocycles. The van der Waals surface area contributed by atoms with E-state index in [0.717, 1.165) is 16.8 Å². The Hall–Kier alpha value is -2.04. The van der Waals surface area contributed by atoms with Crippen LogP contribution in [0.4, 0.5) is 10.5 Å². The second-order valence-electron chi connectivity index (χ2n) is 5.57. The Kier molecular flexibility index (Phi) is 6.21. The maximum absolute atomic E-state index is 12.1. The van der Waals surface area contributed by atoms with Crippen molar-refractivity contribution in [1.82, 2.24) is 5.32 Å². The van der Waals surface area contributed by atoms with E-state index >= 15 is 0 Å². The zero-order valence-electron chi connectivity index (χ0n) is 13.1. The highest BCUT2D eigenvalue weighted by atomic mass is 16.4. The van der Waals surface area contributed by atoms with Crippen molar-refractivity contribution in [2.24, 2.45) is 5.92 Å². The van der Waals surface area contributed by atoms with Gasteiger partial charge in [0.15, 0.2) is 0 Å². The lowest BCUT2D eigenvalue weighted by Crippen LogP contribution is -2.39. The van der Waals surface area contributed by atoms with Crippen LogP contribution in [0.25, 0.3) is 0 Å². The summed E-state index contributed by atoms with van der Waals surface area (Å²) in [6.07, 6.45) is 0.687. The molecule has 116 valence electrons. The molecule has 0 heterocycles. The Morgan fingerprint density at radius 1 is 1.33 bits per heavy atom. The maximum Gasteiger partial charge on any atom is 0.321 e. The number of carboxylic acids is 1. The molecule has 0 radical (unpaired) electrons. The number of benzene rings is 1. The lowest BCUT2D eigenvalue weighted by atomic mass is 10.1. The molecule has 5 nitrogen and oxygen atoms in total. The highest BCUT2D eigenvalue weighted by molar-refractivity contribution is 5.92. The first-order valence-corrected chi connectivity index (χ1v) is 7.12. The van der Waals surface area contributed by atoms with Gasteiger partial charge in [0.1, 0.15) is 0 Å². The van der Waals surface area contributed by atoms with Gasteiger partial charge in [-0.2, -0.15) is 0 Å². The molecule has 21 heavy (non-hydrogen) atoms. The van der Waals surface area contributed by atoms with Crippen molar-refractivity contribution in [1.29, 1.82) is 0 Å². The number of carbonyl (C=O) groups excluding carboxylic acids is 1. The van der Waals surface area contributed by atoms with Gasteiger partial charge in [0.05, 0.1) is 0 Å². The van der Waals surface area contributed by atoms with E-state index in [0.29, 0.717) is 13.0 Å². The average molecular weight is 292 g/mol. The van der Waals surface area contributed by atoms with Crippen LogP contribution in [0.5, 0.6) is 0 Å². The van der Waals surface area contributed by atoms with E-state index < -0.39 is 5.97 Å². The number of carbonyl (C=O) groups is 2. The third-order valence-electron chi connectivity index (χ3n) is 3.47. The van der Waals surface area contributed by atoms with Crippen molar-refractivity contribution < 1.29 is 14.7 Å². The van der Waals surface area contributed by atoms with Gasteiger partial charge in [-0.25, -0.2) is 4.79 Å². The minimum Gasteiger partial charge on any atom is -0.481 e. The SMILES string of the molecule is Cc1ccc(N(C)C(=O)NCC(C)CCC(=O)O)c(C)c1. The summed E-state index contributed by atoms with van der Waals surface area (Å²) >= 11 is 0. The van der Waals surface area contributed by atoms with Crippen LogP contribution in [0.3, 0.4) is 0 Å². The standard InChI is InChI=1S/C16H24N2O3/c1-11-5-7-14(13(3)9-11)18(4)16(21)17-10-12(2)6-8-15(19)20/h5,7,9,12H,6,8,10H2,1-4H3,(H,17,21)(H,19,20). The van der Waals surface area contributed by atoms with Crippen LogP contribution in [0.2, 0.25) is 0 Å². The van der Waals surface area contributed by atoms with Gasteiger partial charge in [-0.1, -0.05) is 24.6 Å². The van der Waals surface area contributed by atoms with Crippen LogP contribution in [-0.4, -0.2) is 30.7 Å². The third kappa shape index (κ3) is 5.45. The van der Waals surface area contributed by atoms with Crippen molar-refractivity contribution in [3.8, 4) is 0 Å². The second kappa shape index (κ2) is 7.67. The van der Waals surface area contributed by atoms with Crippen LogP contribution >= 0.6 is 0 Å². The Morgan fingerprint density at radius 2 is 2.00 bits per heavy atom. The topological polar surface area (TPSA) is 69.6 Å². The number of hydrogen-bond donors (Lipinski definition) is 2. The van der Waals surface area contributed by atoms with E-state index in [1.54, 1.807) is 11.9 Å². The fraction of sp³-hybridized carbons (Fsp3) is 0.500. The molecule has 0 saturated carbocycles. The van der Waals surface area contributed by atoms with Crippen LogP contribution < -0.4 is 10.2 Å². The Morgan fingerprint density at radius 3 is 2.57 bits per heavy atom. The highest BCUT2D eigenvalue weighted by Crippen LogP contribution is 2.20. The summed E-state index contributed by atoms with van der Waals surface area (Å²) in [5.74, 6) is -0.668. The van der Waals surface area contributed by atoms with Gasteiger partial charge >= 0.3 is 12.0 Å². The molecule has 1 aromatic carbocycles. The molecule has 5 heteroatoms. The van der Waals surface area contributed by atoms with Crippen LogP contribution in [0.1, 0.15) is 30.9 Å². The second-order valence-corrected chi connectivity index (χ2v) is 5.57. The molecule has 0 bridgehead atoms. The predicted molar refractivity (Wildman–Crippen MR) is 83.8 cm³/mol. The number of aliphatic carboxylic acids is 1. The van der Waals surface area contributed by atoms with E-state index in [9.17, 15) is 9.59 Å². The first kappa shape index (κ1) is 17.0. The monoisotopic (exact) mass is 292 g/mol. The summed E-state index contributed by atoms with van der Waals surface area (Å²) in [5.41, 5.74) is 3.08. The van der Waals surface area contributed by atoms with E-state index in [1.807, 2.05) is 39.0 Å². The lowest BCUT2D eigenvalue weighted by molar-refractivity contribution is -0.137. The predicted octanol–water partition coefficient (Wildman–Crippen LogP) is 2.95. The van der Waals surface area contributed by atoms with Gasteiger partial charge in [-0.15, -0.1) is 0 Å². The van der Waals surface area contributed by atoms with Crippen LogP contribution in [-0.2, 0) is 4.79 Å². The largest absolute Gasteiger partial charge is 0.481 e. The molecule has 0 aliphatic heterocycles. The van der Waals surface area contributed by atoms with Crippen molar-refractivity contribution in [2.75, 3.05) is 18.5 Å². The van der Waals surface area contributed by atoms with Gasteiger partial charge in [-0.3, -0.25) is 9.69 Å². The third-order valence-corrected chi connectivity index (χ3v) is 3.47. The minimum absolute atomic E-state index is 0.129. The molecule has 2 N–H and O–H groups in total. The number of anilines is 1. The van der Waals surface area contributed by atoms with Crippen molar-refractivity contribution in [3.63, 3.8) is 0 Å². The number of amides is 2. The van der Waals surface area contributed by atoms with Crippen molar-refractivity contribution in [3.05, 3.63) is 29.3 Å². The van der Waals surface area contributed by atoms with Crippen molar-refractivity contribution in [2.45, 2.75) is 33.6 Å². The summed E-state index contributed by atoms with van der Waals surface area (Å²) < 4.78 is 0. The van der Waals surface area contributed by atoms with Crippen LogP contribution in [0.15, 0.2) is 18.2 Å². The Balaban J connectivity index is 2.53. The molecule has 0 aliphatic carbocycles. The molecule has 0 spiro atoms. The van der Waals surface area contributed by atoms with Gasteiger partial charge in [0, 0.05) is 25.7 Å². The Bertz CT molecular complexity index is 514. The zero-order valence-corrected chi connectivity index (χ0v) is 13.1. The smallest absolute Gasteiger partial charge is 0.321 e. The fourth-order valence-electron chi connectivity index (χ4n) is 2.14. The van der Waals surface area contributed by atoms with Gasteiger partial charge in [-0.05, 0) is 37.8 Å². The molecule has 1 unspecified atom stereocenters. The van der Waals surface area contributed by atoms with Gasteiger partial charge in [0.25, 0.3) is 0 Å². The number of hydrogen-bond acceptors (Lipinski definition) is 2. The first-order valence-electron chi connectivity index (χ1n) is 7.12. The van der Waals surface area contributed by atoms with Crippen LogP contribution in [0, 0.1) is 19.8 Å². The number of nitrogens with one attached hydrogen (secondary N) is 1. The normalized spacial score (nSPS) is 11.8. The summed E-state index contributed by atoms with van der Waals surface area (Å²) in [7, 11) is 1.73. The molecular formula is C16H24N2O3. The molecule has 1 atom stereocenters. The number of urea groups is 1. The summed E-state index contributed by atoms with van der Waals surface area (Å²) in [4.78, 5) is 24.2. The average Bonchev–Trinajstić information content (AvgIpc) is 2.41. The Labute approximate surface area is 126 Å². The molecular weight excluding hydrogens is 268 g/mol. The summed E-state index contributed by atoms with van der Waals surface area (Å²) in [5, 5.41) is 11.5. The lowest BCUT2D eigenvalue weighted by Gasteiger charge is -2.21.